The minimum atomic E-state index is 0.261. The van der Waals surface area contributed by atoms with E-state index in [9.17, 15) is 0 Å². The maximum Gasteiger partial charge on any atom is 0.106 e. The number of rotatable bonds is 3. The Labute approximate surface area is 114 Å². The molecule has 1 aliphatic carbocycles. The van der Waals surface area contributed by atoms with Crippen LogP contribution in [-0.4, -0.2) is 15.6 Å². The molecule has 1 aromatic carbocycles. The largest absolute Gasteiger partial charge is 0.327 e. The van der Waals surface area contributed by atoms with Crippen LogP contribution < -0.4 is 5.73 Å². The van der Waals surface area contributed by atoms with Crippen molar-refractivity contribution in [3.05, 3.63) is 30.1 Å². The number of fused-ring (bicyclic) bond motifs is 1. The molecule has 19 heavy (non-hydrogen) atoms. The lowest BCUT2D eigenvalue weighted by Gasteiger charge is -2.28. The molecule has 0 spiro atoms. The molecule has 0 radical (unpaired) electrons. The smallest absolute Gasteiger partial charge is 0.106 e. The first kappa shape index (κ1) is 12.7. The van der Waals surface area contributed by atoms with E-state index in [0.29, 0.717) is 5.92 Å². The third-order valence-electron chi connectivity index (χ3n) is 4.49. The van der Waals surface area contributed by atoms with E-state index in [2.05, 4.69) is 34.7 Å². The first-order valence-electron chi connectivity index (χ1n) is 7.43. The van der Waals surface area contributed by atoms with Gasteiger partial charge in [-0.15, -0.1) is 0 Å². The van der Waals surface area contributed by atoms with Crippen molar-refractivity contribution in [2.45, 2.75) is 51.6 Å². The van der Waals surface area contributed by atoms with E-state index >= 15 is 0 Å². The minimum Gasteiger partial charge on any atom is -0.327 e. The third-order valence-corrected chi connectivity index (χ3v) is 4.49. The molecule has 2 N–H and O–H groups in total. The number of aryl methyl sites for hydroxylation is 1. The molecule has 1 saturated carbocycles. The van der Waals surface area contributed by atoms with Crippen LogP contribution in [0.5, 0.6) is 0 Å². The van der Waals surface area contributed by atoms with E-state index in [1.54, 1.807) is 0 Å². The van der Waals surface area contributed by atoms with Crippen LogP contribution in [0, 0.1) is 12.8 Å². The number of aromatic nitrogens is 2. The van der Waals surface area contributed by atoms with Gasteiger partial charge in [0.1, 0.15) is 5.82 Å². The normalized spacial score (nSPS) is 18.8. The van der Waals surface area contributed by atoms with Crippen LogP contribution in [-0.2, 0) is 6.54 Å². The Morgan fingerprint density at radius 1 is 1.26 bits per heavy atom. The van der Waals surface area contributed by atoms with Gasteiger partial charge in [-0.25, -0.2) is 4.98 Å². The zero-order valence-corrected chi connectivity index (χ0v) is 11.7. The van der Waals surface area contributed by atoms with Crippen molar-refractivity contribution >= 4 is 11.0 Å². The average molecular weight is 257 g/mol. The molecule has 0 bridgehead atoms. The molecule has 3 nitrogen and oxygen atoms in total. The maximum absolute atomic E-state index is 6.45. The number of hydrogen-bond acceptors (Lipinski definition) is 2. The van der Waals surface area contributed by atoms with Crippen LogP contribution in [0.15, 0.2) is 24.3 Å². The zero-order valence-electron chi connectivity index (χ0n) is 11.7. The summed E-state index contributed by atoms with van der Waals surface area (Å²) in [6.07, 6.45) is 6.68. The van der Waals surface area contributed by atoms with Gasteiger partial charge in [-0.2, -0.15) is 0 Å². The van der Waals surface area contributed by atoms with Gasteiger partial charge in [0.05, 0.1) is 11.0 Å². The summed E-state index contributed by atoms with van der Waals surface area (Å²) in [7, 11) is 0. The second kappa shape index (κ2) is 5.33. The molecule has 1 fully saturated rings. The highest BCUT2D eigenvalue weighted by molar-refractivity contribution is 5.75. The van der Waals surface area contributed by atoms with E-state index in [1.165, 1.54) is 37.6 Å². The van der Waals surface area contributed by atoms with Crippen molar-refractivity contribution in [1.82, 2.24) is 9.55 Å². The van der Waals surface area contributed by atoms with Crippen LogP contribution >= 0.6 is 0 Å². The third kappa shape index (κ3) is 2.52. The van der Waals surface area contributed by atoms with E-state index in [1.807, 2.05) is 6.07 Å². The van der Waals surface area contributed by atoms with Crippen LogP contribution in [0.2, 0.25) is 0 Å². The highest BCUT2D eigenvalue weighted by Crippen LogP contribution is 2.27. The van der Waals surface area contributed by atoms with Crippen molar-refractivity contribution in [2.24, 2.45) is 11.7 Å². The number of nitrogens with zero attached hydrogens (tertiary/aromatic N) is 2. The lowest BCUT2D eigenvalue weighted by molar-refractivity contribution is 0.285. The Bertz CT molecular complexity index is 552. The van der Waals surface area contributed by atoms with Gasteiger partial charge in [-0.1, -0.05) is 31.4 Å². The highest BCUT2D eigenvalue weighted by Gasteiger charge is 2.21. The Morgan fingerprint density at radius 3 is 2.79 bits per heavy atom. The molecule has 1 unspecified atom stereocenters. The van der Waals surface area contributed by atoms with E-state index in [-0.39, 0.29) is 6.04 Å². The highest BCUT2D eigenvalue weighted by atomic mass is 15.1. The number of benzene rings is 1. The first-order chi connectivity index (χ1) is 9.25. The van der Waals surface area contributed by atoms with Crippen LogP contribution in [0.3, 0.4) is 0 Å². The fourth-order valence-electron chi connectivity index (χ4n) is 3.35. The average Bonchev–Trinajstić information content (AvgIpc) is 2.76. The van der Waals surface area contributed by atoms with Gasteiger partial charge in [0.15, 0.2) is 0 Å². The molecule has 102 valence electrons. The quantitative estimate of drug-likeness (QED) is 0.917. The molecule has 3 heteroatoms. The number of imidazole rings is 1. The molecule has 0 saturated heterocycles. The second-order valence-corrected chi connectivity index (χ2v) is 5.82. The van der Waals surface area contributed by atoms with Crippen LogP contribution in [0.1, 0.15) is 37.9 Å². The van der Waals surface area contributed by atoms with E-state index in [4.69, 9.17) is 5.73 Å². The first-order valence-corrected chi connectivity index (χ1v) is 7.43. The summed E-state index contributed by atoms with van der Waals surface area (Å²) in [4.78, 5) is 4.62. The lowest BCUT2D eigenvalue weighted by atomic mass is 9.84. The zero-order chi connectivity index (χ0) is 13.2. The molecule has 1 aromatic heterocycles. The summed E-state index contributed by atoms with van der Waals surface area (Å²) in [5.74, 6) is 1.77. The monoisotopic (exact) mass is 257 g/mol. The van der Waals surface area contributed by atoms with Crippen molar-refractivity contribution in [3.8, 4) is 0 Å². The topological polar surface area (TPSA) is 43.8 Å². The molecule has 2 aromatic rings. The van der Waals surface area contributed by atoms with Gasteiger partial charge in [0, 0.05) is 12.6 Å². The van der Waals surface area contributed by atoms with Gasteiger partial charge < -0.3 is 10.3 Å². The maximum atomic E-state index is 6.45. The summed E-state index contributed by atoms with van der Waals surface area (Å²) in [6, 6.07) is 8.59. The molecule has 0 aliphatic heterocycles. The molecular formula is C16H23N3. The van der Waals surface area contributed by atoms with Crippen LogP contribution in [0.4, 0.5) is 0 Å². The number of hydrogen-bond donors (Lipinski definition) is 1. The molecule has 1 atom stereocenters. The Hall–Kier alpha value is -1.35. The van der Waals surface area contributed by atoms with Gasteiger partial charge in [0.25, 0.3) is 0 Å². The minimum absolute atomic E-state index is 0.261. The summed E-state index contributed by atoms with van der Waals surface area (Å²) in [6.45, 7) is 2.98. The Morgan fingerprint density at radius 2 is 2.00 bits per heavy atom. The standard InChI is InChI=1S/C16H23N3/c1-12-18-15-9-5-6-10-16(15)19(12)11-14(17)13-7-3-2-4-8-13/h5-6,9-10,13-14H,2-4,7-8,11,17H2,1H3. The molecule has 3 rings (SSSR count). The predicted octanol–water partition coefficient (Wildman–Crippen LogP) is 3.25. The van der Waals surface area contributed by atoms with Gasteiger partial charge in [0.2, 0.25) is 0 Å². The number of nitrogens with two attached hydrogens (primary N) is 1. The number of para-hydroxylation sites is 2. The van der Waals surface area contributed by atoms with Gasteiger partial charge in [-0.3, -0.25) is 0 Å². The van der Waals surface area contributed by atoms with Crippen molar-refractivity contribution < 1.29 is 0 Å². The Kier molecular flexibility index (Phi) is 3.56. The van der Waals surface area contributed by atoms with Crippen molar-refractivity contribution in [1.29, 1.82) is 0 Å². The fourth-order valence-corrected chi connectivity index (χ4v) is 3.35. The molecule has 1 heterocycles. The predicted molar refractivity (Wildman–Crippen MR) is 79.0 cm³/mol. The second-order valence-electron chi connectivity index (χ2n) is 5.82. The lowest BCUT2D eigenvalue weighted by Crippen LogP contribution is -2.35. The molecule has 0 amide bonds. The summed E-state index contributed by atoms with van der Waals surface area (Å²) in [5.41, 5.74) is 8.74. The Balaban J connectivity index is 1.82. The van der Waals surface area contributed by atoms with Crippen molar-refractivity contribution in [2.75, 3.05) is 0 Å². The fraction of sp³-hybridized carbons (Fsp3) is 0.562. The summed E-state index contributed by atoms with van der Waals surface area (Å²) >= 11 is 0. The SMILES string of the molecule is Cc1nc2ccccc2n1CC(N)C1CCCCC1. The summed E-state index contributed by atoms with van der Waals surface area (Å²) in [5, 5.41) is 0. The van der Waals surface area contributed by atoms with Crippen LogP contribution in [0.25, 0.3) is 11.0 Å². The molecular weight excluding hydrogens is 234 g/mol. The van der Waals surface area contributed by atoms with Gasteiger partial charge >= 0.3 is 0 Å². The van der Waals surface area contributed by atoms with Crippen molar-refractivity contribution in [3.63, 3.8) is 0 Å². The van der Waals surface area contributed by atoms with Gasteiger partial charge in [-0.05, 0) is 37.8 Å². The molecule has 1 aliphatic rings. The van der Waals surface area contributed by atoms with E-state index < -0.39 is 0 Å². The summed E-state index contributed by atoms with van der Waals surface area (Å²) < 4.78 is 2.29. The van der Waals surface area contributed by atoms with E-state index in [0.717, 1.165) is 17.9 Å².